The van der Waals surface area contributed by atoms with Crippen LogP contribution in [0.3, 0.4) is 0 Å². The van der Waals surface area contributed by atoms with Gasteiger partial charge in [-0.15, -0.1) is 0 Å². The first-order chi connectivity index (χ1) is 3.39. The summed E-state index contributed by atoms with van der Waals surface area (Å²) in [5, 5.41) is 4.05. The number of hydrogen-bond donors (Lipinski definition) is 0. The van der Waals surface area contributed by atoms with Crippen LogP contribution in [0, 0.1) is 0 Å². The Bertz CT molecular complexity index is 52.1. The first kappa shape index (κ1) is 5.31. The van der Waals surface area contributed by atoms with Crippen molar-refractivity contribution in [1.29, 1.82) is 0 Å². The third-order valence-electron chi connectivity index (χ3n) is 0.620. The molecule has 0 aromatic heterocycles. The maximum absolute atomic E-state index is 5.39. The van der Waals surface area contributed by atoms with Gasteiger partial charge in [-0.05, 0) is 0 Å². The molecule has 1 atom stereocenters. The largest absolute Gasteiger partial charge is 0.206 e. The molecule has 0 spiro atoms. The Morgan fingerprint density at radius 1 is 1.57 bits per heavy atom. The van der Waals surface area contributed by atoms with Gasteiger partial charge in [-0.2, -0.15) is 4.89 Å². The topological polar surface area (TPSA) is 27.7 Å². The standard InChI is InChI=1S/C3H5ClO3/c4-3-1-2-5-7-6-3/h3H,1-2H2. The normalized spacial score (nSPS) is 33.0. The van der Waals surface area contributed by atoms with Crippen LogP contribution in [-0.2, 0) is 14.8 Å². The molecular formula is C3H5ClO3. The van der Waals surface area contributed by atoms with Crippen molar-refractivity contribution >= 4 is 11.6 Å². The molecule has 1 unspecified atom stereocenters. The summed E-state index contributed by atoms with van der Waals surface area (Å²) in [4.78, 5) is 8.65. The summed E-state index contributed by atoms with van der Waals surface area (Å²) in [5.41, 5.74) is -0.339. The average molecular weight is 125 g/mol. The molecule has 1 fully saturated rings. The Morgan fingerprint density at radius 2 is 2.43 bits per heavy atom. The van der Waals surface area contributed by atoms with Gasteiger partial charge in [-0.1, -0.05) is 16.6 Å². The van der Waals surface area contributed by atoms with Crippen LogP contribution >= 0.6 is 11.6 Å². The zero-order chi connectivity index (χ0) is 5.11. The van der Waals surface area contributed by atoms with E-state index in [1.165, 1.54) is 0 Å². The van der Waals surface area contributed by atoms with Crippen LogP contribution in [-0.4, -0.2) is 12.2 Å². The fraction of sp³-hybridized carbons (Fsp3) is 1.00. The zero-order valence-electron chi connectivity index (χ0n) is 3.59. The molecule has 0 saturated carbocycles. The van der Waals surface area contributed by atoms with Crippen LogP contribution in [0.25, 0.3) is 0 Å². The molecule has 0 N–H and O–H groups in total. The molecule has 1 aliphatic rings. The first-order valence-electron chi connectivity index (χ1n) is 1.98. The molecule has 7 heavy (non-hydrogen) atoms. The summed E-state index contributed by atoms with van der Waals surface area (Å²) in [6.45, 7) is 0.508. The fourth-order valence-corrected chi connectivity index (χ4v) is 0.412. The third kappa shape index (κ3) is 1.61. The third-order valence-corrected chi connectivity index (χ3v) is 0.911. The van der Waals surface area contributed by atoms with E-state index in [1.54, 1.807) is 0 Å². The molecule has 3 nitrogen and oxygen atoms in total. The van der Waals surface area contributed by atoms with Gasteiger partial charge in [0.25, 0.3) is 0 Å². The average Bonchev–Trinajstić information content (AvgIpc) is 1.69. The van der Waals surface area contributed by atoms with E-state index in [-0.39, 0.29) is 5.56 Å². The van der Waals surface area contributed by atoms with E-state index in [2.05, 4.69) is 14.8 Å². The number of rotatable bonds is 0. The van der Waals surface area contributed by atoms with Gasteiger partial charge < -0.3 is 0 Å². The maximum Gasteiger partial charge on any atom is 0.171 e. The van der Waals surface area contributed by atoms with Crippen molar-refractivity contribution in [1.82, 2.24) is 0 Å². The second kappa shape index (κ2) is 2.47. The molecule has 0 aliphatic carbocycles. The minimum atomic E-state index is -0.339. The highest BCUT2D eigenvalue weighted by Crippen LogP contribution is 2.09. The minimum Gasteiger partial charge on any atom is -0.206 e. The Morgan fingerprint density at radius 3 is 2.71 bits per heavy atom. The molecule has 0 aromatic rings. The van der Waals surface area contributed by atoms with E-state index < -0.39 is 0 Å². The first-order valence-corrected chi connectivity index (χ1v) is 2.42. The van der Waals surface area contributed by atoms with Crippen molar-refractivity contribution in [3.05, 3.63) is 0 Å². The summed E-state index contributed by atoms with van der Waals surface area (Å²) in [7, 11) is 0. The summed E-state index contributed by atoms with van der Waals surface area (Å²) in [6.07, 6.45) is 0.682. The Kier molecular flexibility index (Phi) is 1.87. The van der Waals surface area contributed by atoms with Crippen molar-refractivity contribution in [2.24, 2.45) is 0 Å². The highest BCUT2D eigenvalue weighted by atomic mass is 35.5. The Labute approximate surface area is 46.0 Å². The zero-order valence-corrected chi connectivity index (χ0v) is 4.35. The van der Waals surface area contributed by atoms with Gasteiger partial charge in [0.15, 0.2) is 5.56 Å². The molecule has 1 rings (SSSR count). The van der Waals surface area contributed by atoms with Crippen LogP contribution < -0.4 is 0 Å². The molecule has 1 heterocycles. The summed E-state index contributed by atoms with van der Waals surface area (Å²) < 4.78 is 0. The molecule has 0 radical (unpaired) electrons. The van der Waals surface area contributed by atoms with Gasteiger partial charge in [0.2, 0.25) is 0 Å². The highest BCUT2D eigenvalue weighted by Gasteiger charge is 2.11. The Hall–Kier alpha value is 0.170. The summed E-state index contributed by atoms with van der Waals surface area (Å²) in [6, 6.07) is 0. The van der Waals surface area contributed by atoms with E-state index in [1.807, 2.05) is 0 Å². The molecule has 0 amide bonds. The van der Waals surface area contributed by atoms with Crippen molar-refractivity contribution in [3.8, 4) is 0 Å². The van der Waals surface area contributed by atoms with Crippen molar-refractivity contribution in [3.63, 3.8) is 0 Å². The van der Waals surface area contributed by atoms with E-state index in [4.69, 9.17) is 11.6 Å². The smallest absolute Gasteiger partial charge is 0.171 e. The molecule has 1 aliphatic heterocycles. The second-order valence-electron chi connectivity index (χ2n) is 1.18. The molecule has 4 heteroatoms. The van der Waals surface area contributed by atoms with E-state index in [0.29, 0.717) is 13.0 Å². The van der Waals surface area contributed by atoms with Crippen molar-refractivity contribution in [2.75, 3.05) is 6.61 Å². The van der Waals surface area contributed by atoms with Gasteiger partial charge >= 0.3 is 0 Å². The minimum absolute atomic E-state index is 0.339. The van der Waals surface area contributed by atoms with E-state index in [0.717, 1.165) is 0 Å². The van der Waals surface area contributed by atoms with Crippen molar-refractivity contribution in [2.45, 2.75) is 12.0 Å². The van der Waals surface area contributed by atoms with Gasteiger partial charge in [0, 0.05) is 6.42 Å². The molecule has 1 saturated heterocycles. The monoisotopic (exact) mass is 124 g/mol. The maximum atomic E-state index is 5.39. The lowest BCUT2D eigenvalue weighted by molar-refractivity contribution is -0.539. The second-order valence-corrected chi connectivity index (χ2v) is 1.67. The van der Waals surface area contributed by atoms with E-state index >= 15 is 0 Å². The van der Waals surface area contributed by atoms with Crippen LogP contribution in [0.1, 0.15) is 6.42 Å². The summed E-state index contributed by atoms with van der Waals surface area (Å²) in [5.74, 6) is 0. The van der Waals surface area contributed by atoms with Crippen molar-refractivity contribution < 1.29 is 14.8 Å². The number of halogens is 1. The van der Waals surface area contributed by atoms with Gasteiger partial charge in [0.1, 0.15) is 0 Å². The molecule has 0 aromatic carbocycles. The highest BCUT2D eigenvalue weighted by molar-refractivity contribution is 6.19. The SMILES string of the molecule is ClC1CCOOO1. The van der Waals surface area contributed by atoms with Gasteiger partial charge in [-0.25, -0.2) is 4.89 Å². The van der Waals surface area contributed by atoms with Gasteiger partial charge in [0.05, 0.1) is 6.61 Å². The van der Waals surface area contributed by atoms with E-state index in [9.17, 15) is 0 Å². The van der Waals surface area contributed by atoms with Crippen LogP contribution in [0.2, 0.25) is 0 Å². The molecular weight excluding hydrogens is 119 g/mol. The van der Waals surface area contributed by atoms with Crippen LogP contribution in [0.4, 0.5) is 0 Å². The lowest BCUT2D eigenvalue weighted by Crippen LogP contribution is -2.16. The summed E-state index contributed by atoms with van der Waals surface area (Å²) >= 11 is 5.39. The number of hydrogen-bond acceptors (Lipinski definition) is 3. The molecule has 42 valence electrons. The Balaban J connectivity index is 2.12. The van der Waals surface area contributed by atoms with Gasteiger partial charge in [-0.3, -0.25) is 0 Å². The van der Waals surface area contributed by atoms with Crippen LogP contribution in [0.5, 0.6) is 0 Å². The number of alkyl halides is 1. The lowest BCUT2D eigenvalue weighted by Gasteiger charge is -2.12. The predicted molar refractivity (Wildman–Crippen MR) is 22.4 cm³/mol. The predicted octanol–water partition coefficient (Wildman–Crippen LogP) is 0.835. The lowest BCUT2D eigenvalue weighted by atomic mass is 10.5. The molecule has 0 bridgehead atoms. The fourth-order valence-electron chi connectivity index (χ4n) is 0.293. The quantitative estimate of drug-likeness (QED) is 0.354. The van der Waals surface area contributed by atoms with Crippen LogP contribution in [0.15, 0.2) is 0 Å².